The highest BCUT2D eigenvalue weighted by molar-refractivity contribution is 9.10. The lowest BCUT2D eigenvalue weighted by Gasteiger charge is -2.35. The average molecular weight is 349 g/mol. The summed E-state index contributed by atoms with van der Waals surface area (Å²) in [5, 5.41) is 3.66. The van der Waals surface area contributed by atoms with Crippen LogP contribution in [0.2, 0.25) is 0 Å². The molecule has 2 aromatic heterocycles. The van der Waals surface area contributed by atoms with Crippen LogP contribution < -0.4 is 5.32 Å². The van der Waals surface area contributed by atoms with Crippen molar-refractivity contribution < 1.29 is 0 Å². The minimum absolute atomic E-state index is 0.524. The van der Waals surface area contributed by atoms with Crippen molar-refractivity contribution in [2.75, 3.05) is 18.4 Å². The van der Waals surface area contributed by atoms with Gasteiger partial charge in [-0.3, -0.25) is 9.97 Å². The molecular weight excluding hydrogens is 328 g/mol. The van der Waals surface area contributed by atoms with Crippen molar-refractivity contribution in [1.82, 2.24) is 14.9 Å². The SMILES string of the molecule is CC(C)N1CCC(Nc2ccnc3cc(Br)cnc23)CC1. The maximum absolute atomic E-state index is 4.51. The Bertz CT molecular complexity index is 621. The number of halogens is 1. The quantitative estimate of drug-likeness (QED) is 0.918. The van der Waals surface area contributed by atoms with E-state index in [0.717, 1.165) is 34.3 Å². The predicted octanol–water partition coefficient (Wildman–Crippen LogP) is 3.68. The molecule has 0 atom stereocenters. The first-order chi connectivity index (χ1) is 10.1. The highest BCUT2D eigenvalue weighted by Crippen LogP contribution is 2.24. The summed E-state index contributed by atoms with van der Waals surface area (Å²) < 4.78 is 0.963. The molecule has 1 N–H and O–H groups in total. The minimum Gasteiger partial charge on any atom is -0.380 e. The summed E-state index contributed by atoms with van der Waals surface area (Å²) in [7, 11) is 0. The normalized spacial score (nSPS) is 17.5. The van der Waals surface area contributed by atoms with E-state index in [0.29, 0.717) is 12.1 Å². The molecule has 1 aliphatic heterocycles. The number of hydrogen-bond donors (Lipinski definition) is 1. The number of rotatable bonds is 3. The average Bonchev–Trinajstić information content (AvgIpc) is 2.47. The molecule has 21 heavy (non-hydrogen) atoms. The Kier molecular flexibility index (Phi) is 4.40. The lowest BCUT2D eigenvalue weighted by atomic mass is 10.0. The number of likely N-dealkylation sites (tertiary alicyclic amines) is 1. The molecule has 3 rings (SSSR count). The van der Waals surface area contributed by atoms with Gasteiger partial charge < -0.3 is 10.2 Å². The van der Waals surface area contributed by atoms with Crippen LogP contribution in [0.25, 0.3) is 11.0 Å². The van der Waals surface area contributed by atoms with Gasteiger partial charge in [0, 0.05) is 42.0 Å². The van der Waals surface area contributed by atoms with Crippen molar-refractivity contribution in [3.63, 3.8) is 0 Å². The summed E-state index contributed by atoms with van der Waals surface area (Å²) in [6, 6.07) is 5.20. The van der Waals surface area contributed by atoms with Crippen molar-refractivity contribution in [3.05, 3.63) is 29.0 Å². The molecule has 1 aliphatic rings. The van der Waals surface area contributed by atoms with Gasteiger partial charge in [-0.2, -0.15) is 0 Å². The molecule has 0 radical (unpaired) electrons. The van der Waals surface area contributed by atoms with Gasteiger partial charge in [-0.1, -0.05) is 0 Å². The van der Waals surface area contributed by atoms with Crippen LogP contribution in [0.4, 0.5) is 5.69 Å². The van der Waals surface area contributed by atoms with Crippen molar-refractivity contribution in [2.24, 2.45) is 0 Å². The number of nitrogens with zero attached hydrogens (tertiary/aromatic N) is 3. The molecule has 1 fully saturated rings. The number of hydrogen-bond acceptors (Lipinski definition) is 4. The summed E-state index contributed by atoms with van der Waals surface area (Å²) in [6.07, 6.45) is 6.04. The maximum Gasteiger partial charge on any atom is 0.112 e. The molecule has 0 aliphatic carbocycles. The molecule has 0 bridgehead atoms. The molecule has 112 valence electrons. The third-order valence-corrected chi connectivity index (χ3v) is 4.60. The second-order valence-corrected chi connectivity index (χ2v) is 6.84. The van der Waals surface area contributed by atoms with Crippen molar-refractivity contribution in [2.45, 2.75) is 38.8 Å². The van der Waals surface area contributed by atoms with E-state index >= 15 is 0 Å². The van der Waals surface area contributed by atoms with Crippen LogP contribution in [0.5, 0.6) is 0 Å². The summed E-state index contributed by atoms with van der Waals surface area (Å²) >= 11 is 3.45. The molecule has 4 nitrogen and oxygen atoms in total. The third-order valence-electron chi connectivity index (χ3n) is 4.16. The van der Waals surface area contributed by atoms with Gasteiger partial charge in [0.15, 0.2) is 0 Å². The zero-order valence-electron chi connectivity index (χ0n) is 12.5. The van der Waals surface area contributed by atoms with Gasteiger partial charge in [0.2, 0.25) is 0 Å². The van der Waals surface area contributed by atoms with Crippen molar-refractivity contribution >= 4 is 32.7 Å². The number of aromatic nitrogens is 2. The van der Waals surface area contributed by atoms with E-state index in [9.17, 15) is 0 Å². The van der Waals surface area contributed by atoms with Crippen LogP contribution in [-0.4, -0.2) is 40.0 Å². The molecular formula is C16H21BrN4. The van der Waals surface area contributed by atoms with Crippen LogP contribution in [0.1, 0.15) is 26.7 Å². The van der Waals surface area contributed by atoms with Gasteiger partial charge in [0.1, 0.15) is 5.52 Å². The molecule has 0 amide bonds. The van der Waals surface area contributed by atoms with E-state index in [1.165, 1.54) is 12.8 Å². The minimum atomic E-state index is 0.524. The second-order valence-electron chi connectivity index (χ2n) is 5.93. The Hall–Kier alpha value is -1.20. The fourth-order valence-corrected chi connectivity index (χ4v) is 3.22. The summed E-state index contributed by atoms with van der Waals surface area (Å²) in [5.41, 5.74) is 2.97. The van der Waals surface area contributed by atoms with Crippen LogP contribution in [-0.2, 0) is 0 Å². The number of pyridine rings is 2. The van der Waals surface area contributed by atoms with E-state index < -0.39 is 0 Å². The Balaban J connectivity index is 1.74. The molecule has 0 unspecified atom stereocenters. The molecule has 0 saturated carbocycles. The highest BCUT2D eigenvalue weighted by Gasteiger charge is 2.21. The first-order valence-electron chi connectivity index (χ1n) is 7.54. The standard InChI is InChI=1S/C16H21BrN4/c1-11(2)21-7-4-13(5-8-21)20-14-3-6-18-15-9-12(17)10-19-16(14)15/h3,6,9-11,13H,4-5,7-8H2,1-2H3,(H,18,20). The smallest absolute Gasteiger partial charge is 0.112 e. The number of fused-ring (bicyclic) bond motifs is 1. The lowest BCUT2D eigenvalue weighted by Crippen LogP contribution is -2.42. The lowest BCUT2D eigenvalue weighted by molar-refractivity contribution is 0.177. The first kappa shape index (κ1) is 14.7. The largest absolute Gasteiger partial charge is 0.380 e. The number of piperidine rings is 1. The molecule has 0 aromatic carbocycles. The first-order valence-corrected chi connectivity index (χ1v) is 8.33. The Morgan fingerprint density at radius 2 is 2.05 bits per heavy atom. The summed E-state index contributed by atoms with van der Waals surface area (Å²) in [4.78, 5) is 11.4. The second kappa shape index (κ2) is 6.28. The monoisotopic (exact) mass is 348 g/mol. The Morgan fingerprint density at radius 1 is 1.29 bits per heavy atom. The fraction of sp³-hybridized carbons (Fsp3) is 0.500. The van der Waals surface area contributed by atoms with Gasteiger partial charge >= 0.3 is 0 Å². The molecule has 2 aromatic rings. The highest BCUT2D eigenvalue weighted by atomic mass is 79.9. The van der Waals surface area contributed by atoms with Crippen LogP contribution in [0.15, 0.2) is 29.0 Å². The molecule has 3 heterocycles. The Morgan fingerprint density at radius 3 is 2.76 bits per heavy atom. The Labute approximate surface area is 134 Å². The molecule has 1 saturated heterocycles. The molecule has 5 heteroatoms. The van der Waals surface area contributed by atoms with Crippen molar-refractivity contribution in [3.8, 4) is 0 Å². The number of anilines is 1. The topological polar surface area (TPSA) is 41.0 Å². The van der Waals surface area contributed by atoms with E-state index in [4.69, 9.17) is 0 Å². The van der Waals surface area contributed by atoms with Gasteiger partial charge in [-0.05, 0) is 54.8 Å². The predicted molar refractivity (Wildman–Crippen MR) is 90.6 cm³/mol. The third kappa shape index (κ3) is 3.35. The van der Waals surface area contributed by atoms with E-state index in [1.54, 1.807) is 0 Å². The van der Waals surface area contributed by atoms with Gasteiger partial charge in [0.05, 0.1) is 11.2 Å². The molecule has 0 spiro atoms. The summed E-state index contributed by atoms with van der Waals surface area (Å²) in [6.45, 7) is 6.87. The van der Waals surface area contributed by atoms with Crippen molar-refractivity contribution in [1.29, 1.82) is 0 Å². The maximum atomic E-state index is 4.51. The van der Waals surface area contributed by atoms with E-state index in [1.807, 2.05) is 24.5 Å². The van der Waals surface area contributed by atoms with Gasteiger partial charge in [-0.25, -0.2) is 0 Å². The van der Waals surface area contributed by atoms with E-state index in [2.05, 4.69) is 50.0 Å². The van der Waals surface area contributed by atoms with Crippen LogP contribution >= 0.6 is 15.9 Å². The summed E-state index contributed by atoms with van der Waals surface area (Å²) in [5.74, 6) is 0. The van der Waals surface area contributed by atoms with E-state index in [-0.39, 0.29) is 0 Å². The van der Waals surface area contributed by atoms with Gasteiger partial charge in [0.25, 0.3) is 0 Å². The van der Waals surface area contributed by atoms with Gasteiger partial charge in [-0.15, -0.1) is 0 Å². The van der Waals surface area contributed by atoms with Crippen LogP contribution in [0.3, 0.4) is 0 Å². The number of nitrogens with one attached hydrogen (secondary N) is 1. The fourth-order valence-electron chi connectivity index (χ4n) is 2.90. The zero-order chi connectivity index (χ0) is 14.8. The van der Waals surface area contributed by atoms with Crippen LogP contribution in [0, 0.1) is 0 Å². The zero-order valence-corrected chi connectivity index (χ0v) is 14.1.